The highest BCUT2D eigenvalue weighted by Gasteiger charge is 2.15. The Balaban J connectivity index is 2.01. The zero-order chi connectivity index (χ0) is 15.6. The number of rotatable bonds is 2. The summed E-state index contributed by atoms with van der Waals surface area (Å²) in [6.45, 7) is 0. The predicted molar refractivity (Wildman–Crippen MR) is 92.3 cm³/mol. The molecule has 3 heterocycles. The van der Waals surface area contributed by atoms with Crippen LogP contribution in [0.25, 0.3) is 33.8 Å². The summed E-state index contributed by atoms with van der Waals surface area (Å²) in [5.41, 5.74) is 5.56. The number of aromatic nitrogens is 3. The Morgan fingerprint density at radius 3 is 2.09 bits per heavy atom. The van der Waals surface area contributed by atoms with Crippen LogP contribution in [0, 0.1) is 0 Å². The van der Waals surface area contributed by atoms with E-state index in [9.17, 15) is 0 Å². The topological polar surface area (TPSA) is 38.7 Å². The van der Waals surface area contributed by atoms with Gasteiger partial charge in [0.2, 0.25) is 0 Å². The van der Waals surface area contributed by atoms with Gasteiger partial charge < -0.3 is 0 Å². The van der Waals surface area contributed by atoms with Gasteiger partial charge in [-0.3, -0.25) is 9.97 Å². The molecule has 4 rings (SSSR count). The summed E-state index contributed by atoms with van der Waals surface area (Å²) in [6.07, 6.45) is 3.57. The van der Waals surface area contributed by atoms with Crippen LogP contribution < -0.4 is 0 Å². The molecule has 1 aliphatic carbocycles. The summed E-state index contributed by atoms with van der Waals surface area (Å²) in [5.74, 6) is 0. The number of hydrogen-bond donors (Lipinski definition) is 0. The van der Waals surface area contributed by atoms with E-state index < -0.39 is 0 Å². The Morgan fingerprint density at radius 2 is 1.39 bits per heavy atom. The molecule has 2 aromatic rings. The molecule has 2 aromatic heterocycles. The van der Waals surface area contributed by atoms with Gasteiger partial charge in [0.25, 0.3) is 0 Å². The lowest BCUT2D eigenvalue weighted by molar-refractivity contribution is 1.31. The molecular weight excluding hydrogens is 306 g/mol. The van der Waals surface area contributed by atoms with Gasteiger partial charge in [-0.2, -0.15) is 0 Å². The standard InChI is InChI=1S/C19H12ClN3/c20-18-12-14-8-7-13(16-5-1-3-9-21-16)11-15(19(14)23-18)17-6-2-4-10-22-17/h1-12H. The predicted octanol–water partition coefficient (Wildman–Crippen LogP) is 4.96. The molecule has 0 amide bonds. The van der Waals surface area contributed by atoms with Crippen LogP contribution in [0.3, 0.4) is 0 Å². The highest BCUT2D eigenvalue weighted by molar-refractivity contribution is 6.30. The first-order valence-electron chi connectivity index (χ1n) is 7.24. The quantitative estimate of drug-likeness (QED) is 0.524. The number of halogens is 1. The Kier molecular flexibility index (Phi) is 3.48. The van der Waals surface area contributed by atoms with Crippen LogP contribution in [0.2, 0.25) is 5.15 Å². The van der Waals surface area contributed by atoms with Crippen LogP contribution in [-0.4, -0.2) is 15.0 Å². The highest BCUT2D eigenvalue weighted by Crippen LogP contribution is 2.35. The van der Waals surface area contributed by atoms with Crippen molar-refractivity contribution in [2.45, 2.75) is 0 Å². The molecule has 0 atom stereocenters. The normalized spacial score (nSPS) is 10.8. The van der Waals surface area contributed by atoms with Crippen molar-refractivity contribution in [1.82, 2.24) is 15.0 Å². The van der Waals surface area contributed by atoms with Crippen molar-refractivity contribution >= 4 is 11.6 Å². The van der Waals surface area contributed by atoms with Crippen molar-refractivity contribution in [3.8, 4) is 33.8 Å². The molecule has 0 fully saturated rings. The number of pyridine rings is 2. The molecule has 0 saturated heterocycles. The highest BCUT2D eigenvalue weighted by atomic mass is 35.5. The van der Waals surface area contributed by atoms with Gasteiger partial charge in [0.15, 0.2) is 0 Å². The summed E-state index contributed by atoms with van der Waals surface area (Å²) in [5, 5.41) is 0.489. The average molecular weight is 318 g/mol. The van der Waals surface area contributed by atoms with E-state index in [0.29, 0.717) is 5.15 Å². The number of fused-ring (bicyclic) bond motifs is 1. The molecule has 0 saturated carbocycles. The van der Waals surface area contributed by atoms with E-state index in [0.717, 1.165) is 33.8 Å². The Labute approximate surface area is 139 Å². The fourth-order valence-corrected chi connectivity index (χ4v) is 2.81. The molecule has 0 N–H and O–H groups in total. The second-order valence-corrected chi connectivity index (χ2v) is 5.55. The van der Waals surface area contributed by atoms with Gasteiger partial charge in [0.05, 0.1) is 17.1 Å². The maximum Gasteiger partial charge on any atom is 0.130 e. The molecule has 0 spiro atoms. The van der Waals surface area contributed by atoms with E-state index in [4.69, 9.17) is 11.6 Å². The summed E-state index contributed by atoms with van der Waals surface area (Å²) < 4.78 is 0. The van der Waals surface area contributed by atoms with Gasteiger partial charge in [-0.1, -0.05) is 35.9 Å². The minimum absolute atomic E-state index is 0.489. The van der Waals surface area contributed by atoms with Gasteiger partial charge in [0, 0.05) is 29.1 Å². The third kappa shape index (κ3) is 2.67. The van der Waals surface area contributed by atoms with Crippen molar-refractivity contribution in [3.05, 3.63) is 78.2 Å². The zero-order valence-electron chi connectivity index (χ0n) is 12.1. The maximum absolute atomic E-state index is 6.10. The summed E-state index contributed by atoms with van der Waals surface area (Å²) in [4.78, 5) is 13.4. The lowest BCUT2D eigenvalue weighted by atomic mass is 10.1. The van der Waals surface area contributed by atoms with Gasteiger partial charge in [-0.25, -0.2) is 4.98 Å². The van der Waals surface area contributed by atoms with Crippen LogP contribution >= 0.6 is 11.6 Å². The molecular formula is C19H12ClN3. The summed E-state index contributed by atoms with van der Waals surface area (Å²) in [6, 6.07) is 19.7. The summed E-state index contributed by atoms with van der Waals surface area (Å²) in [7, 11) is 0. The second kappa shape index (κ2) is 5.78. The van der Waals surface area contributed by atoms with E-state index in [1.807, 2.05) is 54.6 Å². The van der Waals surface area contributed by atoms with Crippen molar-refractivity contribution in [2.24, 2.45) is 0 Å². The molecule has 2 aliphatic rings. The largest absolute Gasteiger partial charge is 0.256 e. The van der Waals surface area contributed by atoms with E-state index in [1.54, 1.807) is 12.4 Å². The molecule has 0 unspecified atom stereocenters. The second-order valence-electron chi connectivity index (χ2n) is 5.16. The summed E-state index contributed by atoms with van der Waals surface area (Å²) >= 11 is 6.10. The third-order valence-electron chi connectivity index (χ3n) is 3.67. The van der Waals surface area contributed by atoms with Gasteiger partial charge in [0.1, 0.15) is 5.15 Å². The molecule has 4 heteroatoms. The van der Waals surface area contributed by atoms with E-state index in [-0.39, 0.29) is 0 Å². The number of hydrogen-bond acceptors (Lipinski definition) is 3. The lowest BCUT2D eigenvalue weighted by Crippen LogP contribution is -1.86. The number of nitrogens with zero attached hydrogens (tertiary/aromatic N) is 3. The van der Waals surface area contributed by atoms with Crippen LogP contribution in [-0.2, 0) is 0 Å². The Morgan fingerprint density at radius 1 is 0.696 bits per heavy atom. The van der Waals surface area contributed by atoms with E-state index in [2.05, 4.69) is 21.0 Å². The molecule has 0 aromatic carbocycles. The van der Waals surface area contributed by atoms with Crippen LogP contribution in [0.1, 0.15) is 0 Å². The average Bonchev–Trinajstić information content (AvgIpc) is 2.88. The Hall–Kier alpha value is -2.78. The Bertz CT molecular complexity index is 924. The molecule has 110 valence electrons. The minimum Gasteiger partial charge on any atom is -0.256 e. The maximum atomic E-state index is 6.10. The molecule has 0 radical (unpaired) electrons. The zero-order valence-corrected chi connectivity index (χ0v) is 12.9. The van der Waals surface area contributed by atoms with Gasteiger partial charge in [-0.15, -0.1) is 0 Å². The van der Waals surface area contributed by atoms with Crippen molar-refractivity contribution in [3.63, 3.8) is 0 Å². The fourth-order valence-electron chi connectivity index (χ4n) is 2.60. The third-order valence-corrected chi connectivity index (χ3v) is 3.86. The van der Waals surface area contributed by atoms with Gasteiger partial charge in [-0.05, 0) is 36.4 Å². The molecule has 23 heavy (non-hydrogen) atoms. The minimum atomic E-state index is 0.489. The monoisotopic (exact) mass is 317 g/mol. The first-order valence-corrected chi connectivity index (χ1v) is 7.62. The van der Waals surface area contributed by atoms with Crippen LogP contribution in [0.4, 0.5) is 0 Å². The van der Waals surface area contributed by atoms with Crippen molar-refractivity contribution in [2.75, 3.05) is 0 Å². The van der Waals surface area contributed by atoms with Crippen molar-refractivity contribution in [1.29, 1.82) is 0 Å². The molecule has 3 nitrogen and oxygen atoms in total. The van der Waals surface area contributed by atoms with E-state index in [1.165, 1.54) is 0 Å². The smallest absolute Gasteiger partial charge is 0.130 e. The molecule has 0 bridgehead atoms. The SMILES string of the molecule is Clc1cc2ccc(-c3ccccn3)cc(-c3ccccn3)c-2n1. The van der Waals surface area contributed by atoms with Crippen LogP contribution in [0.15, 0.2) is 73.1 Å². The fraction of sp³-hybridized carbons (Fsp3) is 0. The lowest BCUT2D eigenvalue weighted by Gasteiger charge is -2.03. The first kappa shape index (κ1) is 13.9. The van der Waals surface area contributed by atoms with Crippen molar-refractivity contribution < 1.29 is 0 Å². The molecule has 1 aliphatic heterocycles. The van der Waals surface area contributed by atoms with E-state index >= 15 is 0 Å². The first-order chi connectivity index (χ1) is 11.3. The van der Waals surface area contributed by atoms with Gasteiger partial charge >= 0.3 is 0 Å². The van der Waals surface area contributed by atoms with Crippen LogP contribution in [0.5, 0.6) is 0 Å².